The maximum absolute atomic E-state index is 12.3. The van der Waals surface area contributed by atoms with E-state index in [1.165, 1.54) is 24.0 Å². The maximum atomic E-state index is 12.3. The highest BCUT2D eigenvalue weighted by Crippen LogP contribution is 2.39. The zero-order valence-corrected chi connectivity index (χ0v) is 14.9. The summed E-state index contributed by atoms with van der Waals surface area (Å²) in [6.07, 6.45) is 3.76. The van der Waals surface area contributed by atoms with E-state index in [1.807, 2.05) is 11.6 Å². The Morgan fingerprint density at radius 1 is 1.43 bits per heavy atom. The first-order chi connectivity index (χ1) is 11.0. The van der Waals surface area contributed by atoms with E-state index in [0.717, 1.165) is 23.8 Å². The number of hydrogen-bond donors (Lipinski definition) is 1. The first kappa shape index (κ1) is 16.5. The Kier molecular flexibility index (Phi) is 4.79. The number of nitrogens with one attached hydrogen (secondary N) is 1. The van der Waals surface area contributed by atoms with Crippen LogP contribution in [0.1, 0.15) is 31.5 Å². The Hall–Kier alpha value is -1.31. The van der Waals surface area contributed by atoms with Crippen LogP contribution < -0.4 is 5.32 Å². The van der Waals surface area contributed by atoms with Gasteiger partial charge in [0.15, 0.2) is 11.0 Å². The molecule has 0 unspecified atom stereocenters. The van der Waals surface area contributed by atoms with Crippen LogP contribution in [0, 0.1) is 0 Å². The standard InChI is InChI=1S/C14H15Cl2N5OS/c1-7(13(22)18-11-10(16)5-9(15)6-17-11)23-14-20-19-12(21(14)2)8-3-4-8/h5-8H,3-4H2,1-2H3,(H,17,18,22)/t7-/m1/s1. The molecule has 0 saturated heterocycles. The molecule has 2 aromatic heterocycles. The summed E-state index contributed by atoms with van der Waals surface area (Å²) in [5, 5.41) is 12.2. The summed E-state index contributed by atoms with van der Waals surface area (Å²) in [6, 6.07) is 1.54. The van der Waals surface area contributed by atoms with Gasteiger partial charge < -0.3 is 9.88 Å². The van der Waals surface area contributed by atoms with E-state index in [2.05, 4.69) is 20.5 Å². The van der Waals surface area contributed by atoms with Crippen molar-refractivity contribution in [2.75, 3.05) is 5.32 Å². The van der Waals surface area contributed by atoms with E-state index in [9.17, 15) is 4.79 Å². The van der Waals surface area contributed by atoms with Crippen molar-refractivity contribution >= 4 is 46.7 Å². The van der Waals surface area contributed by atoms with Gasteiger partial charge in [0.1, 0.15) is 5.82 Å². The van der Waals surface area contributed by atoms with E-state index < -0.39 is 0 Å². The first-order valence-electron chi connectivity index (χ1n) is 7.13. The molecule has 23 heavy (non-hydrogen) atoms. The van der Waals surface area contributed by atoms with Crippen molar-refractivity contribution in [2.45, 2.75) is 36.1 Å². The summed E-state index contributed by atoms with van der Waals surface area (Å²) in [7, 11) is 1.93. The van der Waals surface area contributed by atoms with Gasteiger partial charge in [0.05, 0.1) is 15.3 Å². The number of halogens is 2. The predicted molar refractivity (Wildman–Crippen MR) is 91.2 cm³/mol. The molecule has 1 saturated carbocycles. The topological polar surface area (TPSA) is 72.7 Å². The summed E-state index contributed by atoms with van der Waals surface area (Å²) in [4.78, 5) is 16.3. The number of nitrogens with zero attached hydrogens (tertiary/aromatic N) is 4. The van der Waals surface area contributed by atoms with Gasteiger partial charge in [-0.25, -0.2) is 4.98 Å². The third kappa shape index (κ3) is 3.79. The highest BCUT2D eigenvalue weighted by Gasteiger charge is 2.30. The quantitative estimate of drug-likeness (QED) is 0.814. The Morgan fingerprint density at radius 2 is 2.17 bits per heavy atom. The molecule has 1 N–H and O–H groups in total. The molecular formula is C14H15Cl2N5OS. The van der Waals surface area contributed by atoms with Crippen molar-refractivity contribution in [3.8, 4) is 0 Å². The molecule has 0 aliphatic heterocycles. The molecule has 1 aliphatic rings. The second-order valence-electron chi connectivity index (χ2n) is 5.41. The van der Waals surface area contributed by atoms with Crippen LogP contribution >= 0.6 is 35.0 Å². The van der Waals surface area contributed by atoms with Crippen molar-refractivity contribution in [2.24, 2.45) is 7.05 Å². The predicted octanol–water partition coefficient (Wildman–Crippen LogP) is 3.51. The highest BCUT2D eigenvalue weighted by molar-refractivity contribution is 8.00. The molecule has 9 heteroatoms. The third-order valence-corrected chi connectivity index (χ3v) is 5.14. The SMILES string of the molecule is C[C@@H](Sc1nnc(C2CC2)n1C)C(=O)Nc1ncc(Cl)cc1Cl. The fraction of sp³-hybridized carbons (Fsp3) is 0.429. The molecule has 2 aromatic rings. The van der Waals surface area contributed by atoms with Gasteiger partial charge in [-0.1, -0.05) is 35.0 Å². The van der Waals surface area contributed by atoms with E-state index in [-0.39, 0.29) is 11.2 Å². The fourth-order valence-electron chi connectivity index (χ4n) is 2.06. The summed E-state index contributed by atoms with van der Waals surface area (Å²) >= 11 is 13.2. The van der Waals surface area contributed by atoms with Gasteiger partial charge in [-0.2, -0.15) is 0 Å². The smallest absolute Gasteiger partial charge is 0.238 e. The molecule has 0 spiro atoms. The number of carbonyl (C=O) groups excluding carboxylic acids is 1. The number of pyridine rings is 1. The second-order valence-corrected chi connectivity index (χ2v) is 7.56. The number of amides is 1. The van der Waals surface area contributed by atoms with Crippen LogP contribution in [-0.2, 0) is 11.8 Å². The Morgan fingerprint density at radius 3 is 2.83 bits per heavy atom. The number of rotatable bonds is 5. The summed E-state index contributed by atoms with van der Waals surface area (Å²) in [6.45, 7) is 1.80. The summed E-state index contributed by atoms with van der Waals surface area (Å²) in [5.74, 6) is 1.60. The van der Waals surface area contributed by atoms with Gasteiger partial charge in [-0.3, -0.25) is 4.79 Å². The monoisotopic (exact) mass is 371 g/mol. The van der Waals surface area contributed by atoms with E-state index >= 15 is 0 Å². The zero-order chi connectivity index (χ0) is 16.6. The summed E-state index contributed by atoms with van der Waals surface area (Å²) < 4.78 is 1.96. The summed E-state index contributed by atoms with van der Waals surface area (Å²) in [5.41, 5.74) is 0. The molecule has 0 bridgehead atoms. The minimum absolute atomic E-state index is 0.206. The number of hydrogen-bond acceptors (Lipinski definition) is 5. The number of anilines is 1. The normalized spacial score (nSPS) is 15.5. The van der Waals surface area contributed by atoms with Gasteiger partial charge in [-0.05, 0) is 25.8 Å². The lowest BCUT2D eigenvalue weighted by atomic mass is 10.4. The number of carbonyl (C=O) groups is 1. The molecule has 1 aliphatic carbocycles. The number of thioether (sulfide) groups is 1. The largest absolute Gasteiger partial charge is 0.309 e. The van der Waals surface area contributed by atoms with Gasteiger partial charge >= 0.3 is 0 Å². The molecule has 2 heterocycles. The first-order valence-corrected chi connectivity index (χ1v) is 8.77. The average molecular weight is 372 g/mol. The maximum Gasteiger partial charge on any atom is 0.238 e. The fourth-order valence-corrected chi connectivity index (χ4v) is 3.31. The molecule has 1 atom stereocenters. The van der Waals surface area contributed by atoms with Crippen LogP contribution in [0.25, 0.3) is 0 Å². The molecule has 0 radical (unpaired) electrons. The second kappa shape index (κ2) is 6.67. The van der Waals surface area contributed by atoms with Crippen molar-refractivity contribution in [3.63, 3.8) is 0 Å². The molecular weight excluding hydrogens is 357 g/mol. The number of aromatic nitrogens is 4. The Balaban J connectivity index is 1.65. The highest BCUT2D eigenvalue weighted by atomic mass is 35.5. The van der Waals surface area contributed by atoms with Crippen LogP contribution in [0.15, 0.2) is 17.4 Å². The van der Waals surface area contributed by atoms with Gasteiger partial charge in [0.25, 0.3) is 0 Å². The van der Waals surface area contributed by atoms with Crippen LogP contribution in [0.2, 0.25) is 10.0 Å². The van der Waals surface area contributed by atoms with Gasteiger partial charge in [0, 0.05) is 19.2 Å². The van der Waals surface area contributed by atoms with Crippen molar-refractivity contribution in [1.82, 2.24) is 19.7 Å². The lowest BCUT2D eigenvalue weighted by Crippen LogP contribution is -2.23. The Labute approximate surface area is 148 Å². The van der Waals surface area contributed by atoms with Crippen LogP contribution in [0.4, 0.5) is 5.82 Å². The molecule has 1 fully saturated rings. The lowest BCUT2D eigenvalue weighted by Gasteiger charge is -2.12. The van der Waals surface area contributed by atoms with Gasteiger partial charge in [0.2, 0.25) is 5.91 Å². The molecule has 0 aromatic carbocycles. The Bertz CT molecular complexity index is 747. The lowest BCUT2D eigenvalue weighted by molar-refractivity contribution is -0.115. The van der Waals surface area contributed by atoms with Crippen LogP contribution in [0.3, 0.4) is 0 Å². The van der Waals surface area contributed by atoms with E-state index in [4.69, 9.17) is 23.2 Å². The molecule has 1 amide bonds. The molecule has 6 nitrogen and oxygen atoms in total. The zero-order valence-electron chi connectivity index (χ0n) is 12.6. The van der Waals surface area contributed by atoms with Crippen molar-refractivity contribution in [3.05, 3.63) is 28.1 Å². The minimum atomic E-state index is -0.363. The molecule has 122 valence electrons. The third-order valence-electron chi connectivity index (χ3n) is 3.51. The van der Waals surface area contributed by atoms with Gasteiger partial charge in [-0.15, -0.1) is 10.2 Å². The molecule has 3 rings (SSSR count). The van der Waals surface area contributed by atoms with Crippen LogP contribution in [0.5, 0.6) is 0 Å². The van der Waals surface area contributed by atoms with Crippen LogP contribution in [-0.4, -0.2) is 30.9 Å². The van der Waals surface area contributed by atoms with E-state index in [1.54, 1.807) is 6.92 Å². The van der Waals surface area contributed by atoms with Crippen molar-refractivity contribution in [1.29, 1.82) is 0 Å². The minimum Gasteiger partial charge on any atom is -0.309 e. The average Bonchev–Trinajstić information content (AvgIpc) is 3.28. The van der Waals surface area contributed by atoms with E-state index in [0.29, 0.717) is 21.8 Å². The van der Waals surface area contributed by atoms with Crippen molar-refractivity contribution < 1.29 is 4.79 Å².